The van der Waals surface area contributed by atoms with Gasteiger partial charge in [-0.2, -0.15) is 0 Å². The number of para-hydroxylation sites is 3. The number of pyridine rings is 1. The SMILES string of the molecule is c1ccc(-c2nc(-n3c4c(ccc5sc6ccccc6c54)c4c3c3ccccc3c3nc5ccccc5n34)nc3ccccc23)cc1. The molecule has 0 aliphatic carbocycles. The van der Waals surface area contributed by atoms with Crippen molar-refractivity contribution in [3.8, 4) is 17.2 Å². The molecule has 0 fully saturated rings. The second-order valence-electron chi connectivity index (χ2n) is 12.0. The molecule has 6 aromatic carbocycles. The van der Waals surface area contributed by atoms with Gasteiger partial charge < -0.3 is 0 Å². The van der Waals surface area contributed by atoms with E-state index in [-0.39, 0.29) is 0 Å². The summed E-state index contributed by atoms with van der Waals surface area (Å²) in [5.74, 6) is 0.652. The first kappa shape index (κ1) is 25.1. The van der Waals surface area contributed by atoms with Gasteiger partial charge in [-0.25, -0.2) is 15.0 Å². The smallest absolute Gasteiger partial charge is 0.235 e. The molecule has 0 spiro atoms. The van der Waals surface area contributed by atoms with Crippen molar-refractivity contribution in [2.45, 2.75) is 0 Å². The Kier molecular flexibility index (Phi) is 4.93. The van der Waals surface area contributed by atoms with Crippen LogP contribution in [0, 0.1) is 0 Å². The number of fused-ring (bicyclic) bond motifs is 15. The van der Waals surface area contributed by atoms with Crippen molar-refractivity contribution in [2.24, 2.45) is 0 Å². The van der Waals surface area contributed by atoms with Gasteiger partial charge in [0.25, 0.3) is 0 Å². The first-order chi connectivity index (χ1) is 23.3. The Hall–Kier alpha value is -6.11. The lowest BCUT2D eigenvalue weighted by Gasteiger charge is -2.13. The third kappa shape index (κ3) is 3.34. The minimum atomic E-state index is 0.652. The van der Waals surface area contributed by atoms with Gasteiger partial charge in [0, 0.05) is 47.3 Å². The summed E-state index contributed by atoms with van der Waals surface area (Å²) in [4.78, 5) is 16.0. The van der Waals surface area contributed by atoms with E-state index in [1.165, 1.54) is 20.2 Å². The molecule has 0 amide bonds. The summed E-state index contributed by atoms with van der Waals surface area (Å²) < 4.78 is 7.19. The van der Waals surface area contributed by atoms with Crippen LogP contribution in [0.1, 0.15) is 0 Å². The summed E-state index contributed by atoms with van der Waals surface area (Å²) in [5.41, 5.74) is 9.19. The maximum absolute atomic E-state index is 5.45. The number of imidazole rings is 1. The van der Waals surface area contributed by atoms with Crippen LogP contribution in [-0.4, -0.2) is 23.9 Å². The monoisotopic (exact) mass is 617 g/mol. The molecule has 0 atom stereocenters. The molecule has 0 bridgehead atoms. The van der Waals surface area contributed by atoms with Crippen LogP contribution in [0.15, 0.2) is 140 Å². The Balaban J connectivity index is 1.46. The zero-order valence-corrected chi connectivity index (χ0v) is 25.7. The minimum absolute atomic E-state index is 0.652. The fourth-order valence-electron chi connectivity index (χ4n) is 7.54. The molecule has 5 heterocycles. The van der Waals surface area contributed by atoms with Crippen molar-refractivity contribution < 1.29 is 0 Å². The van der Waals surface area contributed by atoms with Gasteiger partial charge in [0.1, 0.15) is 5.65 Å². The molecule has 0 aliphatic rings. The van der Waals surface area contributed by atoms with Crippen molar-refractivity contribution in [2.75, 3.05) is 0 Å². The van der Waals surface area contributed by atoms with Crippen LogP contribution in [0.3, 0.4) is 0 Å². The summed E-state index contributed by atoms with van der Waals surface area (Å²) >= 11 is 1.83. The Bertz CT molecular complexity index is 3080. The van der Waals surface area contributed by atoms with Crippen molar-refractivity contribution in [1.29, 1.82) is 0 Å². The maximum atomic E-state index is 5.45. The van der Waals surface area contributed by atoms with E-state index < -0.39 is 0 Å². The van der Waals surface area contributed by atoms with Crippen LogP contribution in [-0.2, 0) is 0 Å². The molecule has 0 unspecified atom stereocenters. The Morgan fingerprint density at radius 2 is 1.15 bits per heavy atom. The number of hydrogen-bond acceptors (Lipinski definition) is 4. The van der Waals surface area contributed by atoms with E-state index in [4.69, 9.17) is 15.0 Å². The van der Waals surface area contributed by atoms with Crippen LogP contribution in [0.2, 0.25) is 0 Å². The van der Waals surface area contributed by atoms with Crippen molar-refractivity contribution in [1.82, 2.24) is 23.9 Å². The first-order valence-electron chi connectivity index (χ1n) is 15.7. The van der Waals surface area contributed by atoms with Gasteiger partial charge in [-0.1, -0.05) is 103 Å². The average molecular weight is 618 g/mol. The number of thiophene rings is 1. The molecule has 0 radical (unpaired) electrons. The third-order valence-corrected chi connectivity index (χ3v) is 10.6. The molecule has 5 nitrogen and oxygen atoms in total. The molecule has 0 aliphatic heterocycles. The van der Waals surface area contributed by atoms with Crippen LogP contribution in [0.25, 0.3) is 97.7 Å². The fourth-order valence-corrected chi connectivity index (χ4v) is 8.65. The van der Waals surface area contributed by atoms with Gasteiger partial charge in [0.2, 0.25) is 5.95 Å². The highest BCUT2D eigenvalue weighted by Crippen LogP contribution is 2.45. The largest absolute Gasteiger partial charge is 0.289 e. The highest BCUT2D eigenvalue weighted by Gasteiger charge is 2.26. The van der Waals surface area contributed by atoms with E-state index in [1.807, 2.05) is 17.4 Å². The van der Waals surface area contributed by atoms with E-state index in [1.54, 1.807) is 0 Å². The van der Waals surface area contributed by atoms with Crippen LogP contribution in [0.5, 0.6) is 0 Å². The number of benzene rings is 6. The first-order valence-corrected chi connectivity index (χ1v) is 16.5. The highest BCUT2D eigenvalue weighted by atomic mass is 32.1. The van der Waals surface area contributed by atoms with Crippen LogP contribution >= 0.6 is 11.3 Å². The summed E-state index contributed by atoms with van der Waals surface area (Å²) in [7, 11) is 0. The minimum Gasteiger partial charge on any atom is -0.289 e. The van der Waals surface area contributed by atoms with Gasteiger partial charge in [-0.3, -0.25) is 8.97 Å². The molecule has 0 saturated carbocycles. The number of nitrogens with zero attached hydrogens (tertiary/aromatic N) is 5. The molecule has 11 rings (SSSR count). The van der Waals surface area contributed by atoms with Crippen LogP contribution in [0.4, 0.5) is 0 Å². The third-order valence-electron chi connectivity index (χ3n) is 9.49. The second-order valence-corrected chi connectivity index (χ2v) is 13.1. The number of rotatable bonds is 2. The lowest BCUT2D eigenvalue weighted by atomic mass is 10.1. The molecule has 47 heavy (non-hydrogen) atoms. The molecule has 5 aromatic heterocycles. The lowest BCUT2D eigenvalue weighted by molar-refractivity contribution is 1.02. The van der Waals surface area contributed by atoms with Gasteiger partial charge in [-0.05, 0) is 36.4 Å². The van der Waals surface area contributed by atoms with E-state index in [9.17, 15) is 0 Å². The average Bonchev–Trinajstić information content (AvgIpc) is 3.81. The zero-order valence-electron chi connectivity index (χ0n) is 24.9. The van der Waals surface area contributed by atoms with E-state index in [0.717, 1.165) is 71.5 Å². The molecular formula is C41H23N5S. The predicted octanol–water partition coefficient (Wildman–Crippen LogP) is 10.7. The lowest BCUT2D eigenvalue weighted by Crippen LogP contribution is -2.04. The van der Waals surface area contributed by atoms with E-state index in [2.05, 4.69) is 142 Å². The van der Waals surface area contributed by atoms with E-state index in [0.29, 0.717) is 5.95 Å². The summed E-state index contributed by atoms with van der Waals surface area (Å²) in [5, 5.41) is 6.85. The van der Waals surface area contributed by atoms with Gasteiger partial charge in [-0.15, -0.1) is 11.3 Å². The summed E-state index contributed by atoms with van der Waals surface area (Å²) in [6, 6.07) is 49.1. The van der Waals surface area contributed by atoms with Gasteiger partial charge in [0.05, 0.1) is 38.8 Å². The Morgan fingerprint density at radius 1 is 0.447 bits per heavy atom. The molecule has 218 valence electrons. The molecule has 11 aromatic rings. The molecule has 0 saturated heterocycles. The second kappa shape index (κ2) is 9.22. The summed E-state index contributed by atoms with van der Waals surface area (Å²) in [6.07, 6.45) is 0. The maximum Gasteiger partial charge on any atom is 0.235 e. The van der Waals surface area contributed by atoms with Crippen LogP contribution < -0.4 is 0 Å². The Labute approximate surface area is 271 Å². The van der Waals surface area contributed by atoms with Crippen molar-refractivity contribution >= 4 is 91.8 Å². The number of hydrogen-bond donors (Lipinski definition) is 0. The highest BCUT2D eigenvalue weighted by molar-refractivity contribution is 7.26. The zero-order chi connectivity index (χ0) is 30.6. The van der Waals surface area contributed by atoms with Crippen molar-refractivity contribution in [3.05, 3.63) is 140 Å². The quantitative estimate of drug-likeness (QED) is 0.194. The van der Waals surface area contributed by atoms with E-state index >= 15 is 0 Å². The summed E-state index contributed by atoms with van der Waals surface area (Å²) in [6.45, 7) is 0. The Morgan fingerprint density at radius 3 is 2.02 bits per heavy atom. The number of aromatic nitrogens is 5. The fraction of sp³-hybridized carbons (Fsp3) is 0. The molecule has 6 heteroatoms. The molecule has 0 N–H and O–H groups in total. The topological polar surface area (TPSA) is 48.0 Å². The normalized spacial score (nSPS) is 12.3. The van der Waals surface area contributed by atoms with Crippen molar-refractivity contribution in [3.63, 3.8) is 0 Å². The van der Waals surface area contributed by atoms with Gasteiger partial charge >= 0.3 is 0 Å². The standard InChI is InChI=1S/C41H23N5S/c1-2-12-24(13-3-1)36-27-16-6-8-18-30(27)43-41(44-36)46-37-29(22-23-34-35(37)28-17-7-11-21-33(28)47-34)39-38(46)25-14-4-5-15-26(25)40-42-31-19-9-10-20-32(31)45(39)40/h1-23H. The molecular weight excluding hydrogens is 595 g/mol. The van der Waals surface area contributed by atoms with Gasteiger partial charge in [0.15, 0.2) is 0 Å². The predicted molar refractivity (Wildman–Crippen MR) is 196 cm³/mol.